The zero-order chi connectivity index (χ0) is 33.5. The first kappa shape index (κ1) is 42.3. The van der Waals surface area contributed by atoms with Gasteiger partial charge in [-0.2, -0.15) is 13.2 Å². The molecule has 45 heavy (non-hydrogen) atoms. The number of aliphatic hydroxyl groups excluding tert-OH is 1. The van der Waals surface area contributed by atoms with E-state index in [1.54, 1.807) is 7.11 Å². The number of rotatable bonds is 9. The zero-order valence-corrected chi connectivity index (χ0v) is 28.0. The molecule has 2 aromatic rings. The molecule has 1 saturated heterocycles. The number of methoxy groups -OCH3 is 1. The molecule has 2 heterocycles. The van der Waals surface area contributed by atoms with Gasteiger partial charge in [0.05, 0.1) is 18.1 Å². The third-order valence-corrected chi connectivity index (χ3v) is 7.40. The fourth-order valence-corrected chi connectivity index (χ4v) is 4.37. The Morgan fingerprint density at radius 1 is 1.18 bits per heavy atom. The molecule has 253 valence electrons. The maximum atomic E-state index is 12.2. The molecule has 0 spiro atoms. The van der Waals surface area contributed by atoms with E-state index in [4.69, 9.17) is 14.6 Å². The number of nitrogens with zero attached hydrogens (tertiary/aromatic N) is 2. The fourth-order valence-electron chi connectivity index (χ4n) is 4.37. The summed E-state index contributed by atoms with van der Waals surface area (Å²) in [6.07, 6.45) is 5.63. The largest absolute Gasteiger partial charge is 0.540 e. The summed E-state index contributed by atoms with van der Waals surface area (Å²) in [5, 5.41) is 8.83. The molecule has 1 amide bonds. The van der Waals surface area contributed by atoms with Gasteiger partial charge in [0, 0.05) is 30.5 Å². The number of hydrogen-bond donors (Lipinski definition) is 3. The molecule has 2 fully saturated rings. The van der Waals surface area contributed by atoms with Gasteiger partial charge in [-0.05, 0) is 56.3 Å². The Labute approximate surface area is 274 Å². The number of ether oxygens (including phenoxy) is 1. The van der Waals surface area contributed by atoms with Gasteiger partial charge < -0.3 is 35.1 Å². The standard InChI is InChI=1S/C17H22N2O2.C7H9F3NO.C6H12O2.CH3NO.V/c1-21-13-9-10-14-16(11-13)19-17(20)15(18-14)6-4-2-3-5-12-7-8-12;1-11-3-2-5(6(11)4-12)7(8,9)10;1-6(2,3)5(8)4-7;2-1-3;/h9-12H,2-8H2,1H3,(H,19,20);5-6H,2-3H2,1H3;4-5,8H,1-3H3;1H,(H2,2,3);/q;-1;;;/t;;5-;;/m..1../s1. The van der Waals surface area contributed by atoms with Gasteiger partial charge in [0.25, 0.3) is 5.56 Å². The number of aromatic nitrogens is 2. The fraction of sp³-hybridized carbons (Fsp3) is 0.645. The van der Waals surface area contributed by atoms with Gasteiger partial charge in [0.15, 0.2) is 0 Å². The van der Waals surface area contributed by atoms with Crippen LogP contribution in [0.2, 0.25) is 0 Å². The number of carbonyl (C=O) groups is 2. The van der Waals surface area contributed by atoms with Crippen LogP contribution in [0.5, 0.6) is 5.75 Å². The number of likely N-dealkylation sites (N-methyl/N-ethyl adjacent to an activating group) is 1. The molecule has 14 heteroatoms. The van der Waals surface area contributed by atoms with Gasteiger partial charge in [0.2, 0.25) is 6.41 Å². The number of carbonyl (C=O) groups excluding carboxylic acids is 3. The number of benzene rings is 1. The second-order valence-corrected chi connectivity index (χ2v) is 12.0. The van der Waals surface area contributed by atoms with Crippen molar-refractivity contribution < 1.29 is 56.0 Å². The number of alkyl halides is 3. The van der Waals surface area contributed by atoms with Crippen molar-refractivity contribution in [3.63, 3.8) is 0 Å². The van der Waals surface area contributed by atoms with Crippen molar-refractivity contribution >= 4 is 30.0 Å². The summed E-state index contributed by atoms with van der Waals surface area (Å²) in [5.41, 5.74) is 6.00. The minimum absolute atomic E-state index is 0. The first-order valence-corrected chi connectivity index (χ1v) is 14.6. The average molecular weight is 679 g/mol. The van der Waals surface area contributed by atoms with E-state index in [1.807, 2.05) is 39.0 Å². The second-order valence-electron chi connectivity index (χ2n) is 12.0. The number of halogens is 3. The Kier molecular flexibility index (Phi) is 19.2. The Balaban J connectivity index is 0.000000686. The summed E-state index contributed by atoms with van der Waals surface area (Å²) in [7, 11) is 3.12. The SMILES string of the molecule is CC(C)(C)[C@H](O)C=O.CN1CCC(C(F)(F)F)C1[C-]=O.COc1ccc2nc(CCCCCC3CC3)c(=O)[nH]c2c1.NC=O.[V]. The molecule has 10 nitrogen and oxygen atoms in total. The molecular weight excluding hydrogens is 632 g/mol. The first-order chi connectivity index (χ1) is 20.6. The van der Waals surface area contributed by atoms with Crippen LogP contribution in [-0.4, -0.2) is 78.0 Å². The second kappa shape index (κ2) is 20.4. The van der Waals surface area contributed by atoms with E-state index < -0.39 is 24.2 Å². The molecule has 0 bridgehead atoms. The quantitative estimate of drug-likeness (QED) is 0.203. The molecule has 1 aliphatic carbocycles. The number of likely N-dealkylation sites (tertiary alicyclic amines) is 1. The topological polar surface area (TPSA) is 156 Å². The van der Waals surface area contributed by atoms with Crippen molar-refractivity contribution in [2.45, 2.75) is 90.5 Å². The molecule has 4 N–H and O–H groups in total. The van der Waals surface area contributed by atoms with Crippen LogP contribution in [0.3, 0.4) is 0 Å². The summed E-state index contributed by atoms with van der Waals surface area (Å²) in [5.74, 6) is 0.204. The van der Waals surface area contributed by atoms with Crippen LogP contribution < -0.4 is 16.0 Å². The molecule has 1 saturated carbocycles. The van der Waals surface area contributed by atoms with Gasteiger partial charge >= 0.3 is 6.18 Å². The molecule has 3 atom stereocenters. The number of aromatic amines is 1. The number of unbranched alkanes of at least 4 members (excludes halogenated alkanes) is 2. The van der Waals surface area contributed by atoms with Crippen molar-refractivity contribution in [3.05, 3.63) is 34.2 Å². The number of H-pyrrole nitrogens is 1. The predicted octanol–water partition coefficient (Wildman–Crippen LogP) is 4.11. The molecule has 2 unspecified atom stereocenters. The number of nitrogens with two attached hydrogens (primary N) is 1. The monoisotopic (exact) mass is 678 g/mol. The number of nitrogens with one attached hydrogen (secondary N) is 1. The van der Waals surface area contributed by atoms with Crippen molar-refractivity contribution in [1.29, 1.82) is 0 Å². The Bertz CT molecular complexity index is 1230. The smallest absolute Gasteiger partial charge is 0.391 e. The average Bonchev–Trinajstić information content (AvgIpc) is 3.70. The van der Waals surface area contributed by atoms with Gasteiger partial charge in [-0.25, -0.2) is 11.3 Å². The van der Waals surface area contributed by atoms with Crippen molar-refractivity contribution in [2.75, 3.05) is 20.7 Å². The Hall–Kier alpha value is -2.74. The predicted molar refractivity (Wildman–Crippen MR) is 162 cm³/mol. The van der Waals surface area contributed by atoms with Crippen LogP contribution in [0.1, 0.15) is 71.4 Å². The van der Waals surface area contributed by atoms with Crippen LogP contribution in [0.4, 0.5) is 13.2 Å². The van der Waals surface area contributed by atoms with Crippen molar-refractivity contribution in [2.24, 2.45) is 23.0 Å². The first-order valence-electron chi connectivity index (χ1n) is 14.6. The third kappa shape index (κ3) is 15.4. The summed E-state index contributed by atoms with van der Waals surface area (Å²) >= 11 is 0. The van der Waals surface area contributed by atoms with Crippen molar-refractivity contribution in [1.82, 2.24) is 14.9 Å². The van der Waals surface area contributed by atoms with Crippen molar-refractivity contribution in [3.8, 4) is 5.75 Å². The Morgan fingerprint density at radius 2 is 1.80 bits per heavy atom. The molecule has 1 radical (unpaired) electrons. The van der Waals surface area contributed by atoms with Gasteiger partial charge in [-0.15, -0.1) is 0 Å². The third-order valence-electron chi connectivity index (χ3n) is 7.40. The molecule has 2 aliphatic rings. The van der Waals surface area contributed by atoms with Crippen LogP contribution in [-0.2, 0) is 39.4 Å². The van der Waals surface area contributed by atoms with E-state index in [9.17, 15) is 27.6 Å². The number of amides is 1. The number of hydrogen-bond acceptors (Lipinski definition) is 8. The molecule has 1 aromatic carbocycles. The molecule has 1 aliphatic heterocycles. The number of fused-ring (bicyclic) bond motifs is 1. The number of aliphatic hydroxyl groups is 1. The maximum absolute atomic E-state index is 12.2. The van der Waals surface area contributed by atoms with Gasteiger partial charge in [-0.3, -0.25) is 9.59 Å². The summed E-state index contributed by atoms with van der Waals surface area (Å²) in [6, 6.07) is 4.46. The summed E-state index contributed by atoms with van der Waals surface area (Å²) in [6.45, 7) is 5.74. The molecular formula is C31H46F3N4O6V-. The van der Waals surface area contributed by atoms with Crippen LogP contribution >= 0.6 is 0 Å². The van der Waals surface area contributed by atoms with Crippen LogP contribution in [0.15, 0.2) is 23.0 Å². The van der Waals surface area contributed by atoms with Gasteiger partial charge in [-0.1, -0.05) is 58.9 Å². The molecule has 4 rings (SSSR count). The van der Waals surface area contributed by atoms with Crippen LogP contribution in [0, 0.1) is 17.3 Å². The Morgan fingerprint density at radius 3 is 2.24 bits per heavy atom. The maximum Gasteiger partial charge on any atom is 0.391 e. The van der Waals surface area contributed by atoms with E-state index in [1.165, 1.54) is 50.3 Å². The zero-order valence-electron chi connectivity index (χ0n) is 26.6. The molecule has 1 aromatic heterocycles. The van der Waals surface area contributed by atoms with Crippen LogP contribution in [0.25, 0.3) is 11.0 Å². The van der Waals surface area contributed by atoms with E-state index in [2.05, 4.69) is 15.7 Å². The number of aryl methyl sites for hydroxylation is 1. The van der Waals surface area contributed by atoms with E-state index in [0.29, 0.717) is 18.5 Å². The summed E-state index contributed by atoms with van der Waals surface area (Å²) in [4.78, 5) is 49.5. The minimum atomic E-state index is -4.27. The minimum Gasteiger partial charge on any atom is -0.540 e. The van der Waals surface area contributed by atoms with E-state index in [0.717, 1.165) is 35.5 Å². The number of aldehydes is 1. The number of primary amides is 1. The normalized spacial score (nSPS) is 18.4. The van der Waals surface area contributed by atoms with E-state index >= 15 is 0 Å². The summed E-state index contributed by atoms with van der Waals surface area (Å²) < 4.78 is 41.7. The van der Waals surface area contributed by atoms with E-state index in [-0.39, 0.29) is 42.4 Å². The van der Waals surface area contributed by atoms with Gasteiger partial charge in [0.1, 0.15) is 23.8 Å².